The van der Waals surface area contributed by atoms with Crippen LogP contribution in [-0.4, -0.2) is 37.2 Å². The molecule has 1 N–H and O–H groups in total. The van der Waals surface area contributed by atoms with E-state index < -0.39 is 17.7 Å². The molecule has 0 fully saturated rings. The van der Waals surface area contributed by atoms with Gasteiger partial charge in [0, 0.05) is 11.6 Å². The van der Waals surface area contributed by atoms with Gasteiger partial charge in [-0.3, -0.25) is 9.59 Å². The van der Waals surface area contributed by atoms with E-state index in [1.165, 1.54) is 26.4 Å². The Hall–Kier alpha value is -3.02. The lowest BCUT2D eigenvalue weighted by Crippen LogP contribution is -2.22. The van der Waals surface area contributed by atoms with Crippen LogP contribution in [0.25, 0.3) is 0 Å². The van der Waals surface area contributed by atoms with E-state index in [4.69, 9.17) is 14.2 Å². The normalized spacial score (nSPS) is 11.7. The Morgan fingerprint density at radius 1 is 0.885 bits per heavy atom. The number of carboxylic acid groups (broad SMARTS) is 1. The van der Waals surface area contributed by atoms with Crippen molar-refractivity contribution in [3.8, 4) is 17.2 Å². The number of methoxy groups -OCH3 is 2. The van der Waals surface area contributed by atoms with Crippen LogP contribution in [-0.2, 0) is 4.79 Å². The number of hydrogen-bond acceptors (Lipinski definition) is 5. The molecule has 0 aromatic heterocycles. The molecule has 2 aromatic carbocycles. The third kappa shape index (κ3) is 4.53. The van der Waals surface area contributed by atoms with E-state index >= 15 is 0 Å². The maximum atomic E-state index is 12.9. The van der Waals surface area contributed by atoms with Crippen LogP contribution in [0.3, 0.4) is 0 Å². The molecule has 0 aliphatic rings. The quantitative estimate of drug-likeness (QED) is 0.574. The number of ketones is 1. The van der Waals surface area contributed by atoms with Crippen molar-refractivity contribution in [2.24, 2.45) is 0 Å². The molecule has 0 spiro atoms. The van der Waals surface area contributed by atoms with E-state index in [0.29, 0.717) is 22.8 Å². The number of benzene rings is 2. The van der Waals surface area contributed by atoms with E-state index in [0.717, 1.165) is 0 Å². The van der Waals surface area contributed by atoms with Crippen LogP contribution in [0, 0.1) is 0 Å². The van der Waals surface area contributed by atoms with Gasteiger partial charge in [-0.05, 0) is 43.7 Å². The first kappa shape index (κ1) is 19.3. The smallest absolute Gasteiger partial charge is 0.318 e. The van der Waals surface area contributed by atoms with Gasteiger partial charge in [0.2, 0.25) is 0 Å². The van der Waals surface area contributed by atoms with Crippen LogP contribution >= 0.6 is 0 Å². The Morgan fingerprint density at radius 3 is 1.85 bits per heavy atom. The summed E-state index contributed by atoms with van der Waals surface area (Å²) in [6.07, 6.45) is 0.00185. The predicted octanol–water partition coefficient (Wildman–Crippen LogP) is 3.54. The molecular formula is C20H22O6. The zero-order valence-electron chi connectivity index (χ0n) is 15.2. The summed E-state index contributed by atoms with van der Waals surface area (Å²) < 4.78 is 15.8. The highest BCUT2D eigenvalue weighted by molar-refractivity contribution is 6.12. The van der Waals surface area contributed by atoms with Crippen LogP contribution in [0.2, 0.25) is 0 Å². The molecule has 26 heavy (non-hydrogen) atoms. The molecule has 0 radical (unpaired) electrons. The van der Waals surface area contributed by atoms with Crippen LogP contribution in [0.5, 0.6) is 17.2 Å². The van der Waals surface area contributed by atoms with Gasteiger partial charge in [-0.25, -0.2) is 0 Å². The summed E-state index contributed by atoms with van der Waals surface area (Å²) >= 11 is 0. The van der Waals surface area contributed by atoms with E-state index in [-0.39, 0.29) is 11.7 Å². The maximum Gasteiger partial charge on any atom is 0.318 e. The van der Waals surface area contributed by atoms with Gasteiger partial charge in [-0.2, -0.15) is 0 Å². The predicted molar refractivity (Wildman–Crippen MR) is 96.5 cm³/mol. The molecule has 0 saturated carbocycles. The fourth-order valence-corrected chi connectivity index (χ4v) is 2.53. The van der Waals surface area contributed by atoms with Crippen molar-refractivity contribution in [3.63, 3.8) is 0 Å². The van der Waals surface area contributed by atoms with Crippen molar-refractivity contribution in [3.05, 3.63) is 53.6 Å². The molecule has 0 bridgehead atoms. The summed E-state index contributed by atoms with van der Waals surface area (Å²) in [5, 5.41) is 9.61. The van der Waals surface area contributed by atoms with Gasteiger partial charge in [0.05, 0.1) is 20.3 Å². The van der Waals surface area contributed by atoms with Gasteiger partial charge in [-0.15, -0.1) is 0 Å². The minimum absolute atomic E-state index is 0.00185. The lowest BCUT2D eigenvalue weighted by atomic mass is 9.90. The number of ether oxygens (including phenoxy) is 3. The van der Waals surface area contributed by atoms with Crippen LogP contribution in [0.15, 0.2) is 42.5 Å². The standard InChI is InChI=1S/C20H22O6/c1-12(2)26-15-7-5-13(6-8-15)18(20(22)23)19(21)14-9-16(24-3)11-17(10-14)25-4/h5-12,18H,1-4H3,(H,22,23). The number of hydrogen-bond donors (Lipinski definition) is 1. The lowest BCUT2D eigenvalue weighted by molar-refractivity contribution is -0.137. The van der Waals surface area contributed by atoms with Gasteiger partial charge in [0.15, 0.2) is 5.78 Å². The number of carboxylic acids is 1. The lowest BCUT2D eigenvalue weighted by Gasteiger charge is -2.15. The highest BCUT2D eigenvalue weighted by atomic mass is 16.5. The highest BCUT2D eigenvalue weighted by Crippen LogP contribution is 2.28. The van der Waals surface area contributed by atoms with Crippen molar-refractivity contribution in [2.45, 2.75) is 25.9 Å². The number of aliphatic carboxylic acids is 1. The second kappa shape index (κ2) is 8.38. The maximum absolute atomic E-state index is 12.9. The summed E-state index contributed by atoms with van der Waals surface area (Å²) in [7, 11) is 2.93. The highest BCUT2D eigenvalue weighted by Gasteiger charge is 2.30. The Balaban J connectivity index is 2.38. The zero-order valence-corrected chi connectivity index (χ0v) is 15.2. The molecule has 0 saturated heterocycles. The first-order valence-corrected chi connectivity index (χ1v) is 8.12. The molecular weight excluding hydrogens is 336 g/mol. The minimum Gasteiger partial charge on any atom is -0.497 e. The van der Waals surface area contributed by atoms with Crippen LogP contribution in [0.1, 0.15) is 35.7 Å². The van der Waals surface area contributed by atoms with E-state index in [1.54, 1.807) is 30.3 Å². The fourth-order valence-electron chi connectivity index (χ4n) is 2.53. The summed E-state index contributed by atoms with van der Waals surface area (Å²) in [5.74, 6) is -1.67. The summed E-state index contributed by atoms with van der Waals surface area (Å²) in [4.78, 5) is 24.6. The van der Waals surface area contributed by atoms with Crippen molar-refractivity contribution < 1.29 is 28.9 Å². The Labute approximate surface area is 152 Å². The summed E-state index contributed by atoms with van der Waals surface area (Å²) in [5.41, 5.74) is 0.580. The second-order valence-electron chi connectivity index (χ2n) is 5.97. The van der Waals surface area contributed by atoms with Crippen molar-refractivity contribution in [1.29, 1.82) is 0 Å². The molecule has 0 amide bonds. The molecule has 1 unspecified atom stereocenters. The van der Waals surface area contributed by atoms with Gasteiger partial charge in [0.1, 0.15) is 23.2 Å². The molecule has 138 valence electrons. The monoisotopic (exact) mass is 358 g/mol. The summed E-state index contributed by atoms with van der Waals surface area (Å²) in [6.45, 7) is 3.79. The van der Waals surface area contributed by atoms with Gasteiger partial charge in [-0.1, -0.05) is 12.1 Å². The number of carbonyl (C=O) groups excluding carboxylic acids is 1. The third-order valence-corrected chi connectivity index (χ3v) is 3.73. The van der Waals surface area contributed by atoms with Crippen molar-refractivity contribution in [2.75, 3.05) is 14.2 Å². The minimum atomic E-state index is -1.33. The first-order chi connectivity index (χ1) is 12.3. The number of carbonyl (C=O) groups is 2. The van der Waals surface area contributed by atoms with Gasteiger partial charge >= 0.3 is 5.97 Å². The fraction of sp³-hybridized carbons (Fsp3) is 0.300. The Bertz CT molecular complexity index is 757. The Morgan fingerprint density at radius 2 is 1.42 bits per heavy atom. The van der Waals surface area contributed by atoms with Crippen molar-refractivity contribution in [1.82, 2.24) is 0 Å². The van der Waals surface area contributed by atoms with Crippen LogP contribution in [0.4, 0.5) is 0 Å². The van der Waals surface area contributed by atoms with Crippen LogP contribution < -0.4 is 14.2 Å². The topological polar surface area (TPSA) is 82.1 Å². The van der Waals surface area contributed by atoms with E-state index in [9.17, 15) is 14.7 Å². The SMILES string of the molecule is COc1cc(OC)cc(C(=O)C(C(=O)O)c2ccc(OC(C)C)cc2)c1. The molecule has 2 rings (SSSR count). The molecule has 6 nitrogen and oxygen atoms in total. The molecule has 0 aliphatic carbocycles. The van der Waals surface area contributed by atoms with Gasteiger partial charge < -0.3 is 19.3 Å². The van der Waals surface area contributed by atoms with E-state index in [1.807, 2.05) is 13.8 Å². The average molecular weight is 358 g/mol. The number of rotatable bonds is 8. The number of Topliss-reactive ketones (excluding diaryl/α,β-unsaturated/α-hetero) is 1. The third-order valence-electron chi connectivity index (χ3n) is 3.73. The first-order valence-electron chi connectivity index (χ1n) is 8.12. The average Bonchev–Trinajstić information content (AvgIpc) is 2.62. The molecule has 0 heterocycles. The molecule has 0 aliphatic heterocycles. The zero-order chi connectivity index (χ0) is 19.3. The van der Waals surface area contributed by atoms with Crippen molar-refractivity contribution >= 4 is 11.8 Å². The second-order valence-corrected chi connectivity index (χ2v) is 5.97. The van der Waals surface area contributed by atoms with Gasteiger partial charge in [0.25, 0.3) is 0 Å². The summed E-state index contributed by atoms with van der Waals surface area (Å²) in [6, 6.07) is 11.1. The Kier molecular flexibility index (Phi) is 6.22. The molecule has 2 aromatic rings. The largest absolute Gasteiger partial charge is 0.497 e. The molecule has 1 atom stereocenters. The molecule has 6 heteroatoms. The van der Waals surface area contributed by atoms with E-state index in [2.05, 4.69) is 0 Å².